The van der Waals surface area contributed by atoms with Crippen LogP contribution in [0.3, 0.4) is 0 Å². The number of nitrogens with two attached hydrogens (primary N) is 1. The molecular formula is C17H15N9O5S. The van der Waals surface area contributed by atoms with Gasteiger partial charge in [-0.3, -0.25) is 25.0 Å². The molecule has 0 spiro atoms. The fraction of sp³-hybridized carbons (Fsp3) is 0.0588. The van der Waals surface area contributed by atoms with E-state index in [9.17, 15) is 25.0 Å². The summed E-state index contributed by atoms with van der Waals surface area (Å²) in [4.78, 5) is 32.5. The number of nitrogen functional groups attached to an aromatic ring is 1. The molecule has 0 unspecified atom stereocenters. The van der Waals surface area contributed by atoms with Crippen molar-refractivity contribution in [1.29, 1.82) is 0 Å². The van der Waals surface area contributed by atoms with Gasteiger partial charge in [-0.1, -0.05) is 23.9 Å². The third-order valence-electron chi connectivity index (χ3n) is 3.82. The highest BCUT2D eigenvalue weighted by Crippen LogP contribution is 2.19. The zero-order chi connectivity index (χ0) is 23.1. The van der Waals surface area contributed by atoms with Crippen molar-refractivity contribution in [2.75, 3.05) is 22.3 Å². The molecule has 15 heteroatoms. The highest BCUT2D eigenvalue weighted by atomic mass is 32.2. The van der Waals surface area contributed by atoms with E-state index in [0.717, 1.165) is 16.4 Å². The fourth-order valence-electron chi connectivity index (χ4n) is 2.33. The van der Waals surface area contributed by atoms with Gasteiger partial charge in [0, 0.05) is 35.5 Å². The quantitative estimate of drug-likeness (QED) is 0.140. The van der Waals surface area contributed by atoms with Gasteiger partial charge in [-0.2, -0.15) is 5.10 Å². The molecule has 0 atom stereocenters. The number of nitro groups is 2. The Bertz CT molecular complexity index is 1180. The summed E-state index contributed by atoms with van der Waals surface area (Å²) in [5.41, 5.74) is 3.32. The first-order valence-corrected chi connectivity index (χ1v) is 9.73. The largest absolute Gasteiger partial charge is 0.334 e. The van der Waals surface area contributed by atoms with Crippen molar-refractivity contribution in [2.45, 2.75) is 5.16 Å². The first kappa shape index (κ1) is 22.2. The van der Waals surface area contributed by atoms with Gasteiger partial charge < -0.3 is 11.2 Å². The average Bonchev–Trinajstić information content (AvgIpc) is 3.12. The standard InChI is InChI=1S/C17H15N9O5S/c18-24-16(21-19-9-11-2-1-3-14(8-11)26(30)31)22-23-17(24)32-10-15(27)20-12-4-6-13(7-5-12)25(28)29/h1-9H,10,18H2,(H,20,27)(H,21,22)/b19-9+. The van der Waals surface area contributed by atoms with E-state index >= 15 is 0 Å². The summed E-state index contributed by atoms with van der Waals surface area (Å²) in [6.07, 6.45) is 1.35. The van der Waals surface area contributed by atoms with Crippen LogP contribution in [-0.2, 0) is 4.79 Å². The maximum absolute atomic E-state index is 12.1. The lowest BCUT2D eigenvalue weighted by molar-refractivity contribution is -0.385. The molecule has 0 bridgehead atoms. The maximum Gasteiger partial charge on any atom is 0.270 e. The zero-order valence-electron chi connectivity index (χ0n) is 16.1. The zero-order valence-corrected chi connectivity index (χ0v) is 16.9. The van der Waals surface area contributed by atoms with Crippen LogP contribution in [0.1, 0.15) is 5.56 Å². The van der Waals surface area contributed by atoms with Gasteiger partial charge in [-0.05, 0) is 12.1 Å². The summed E-state index contributed by atoms with van der Waals surface area (Å²) in [5, 5.41) is 35.9. The molecule has 3 aromatic rings. The summed E-state index contributed by atoms with van der Waals surface area (Å²) >= 11 is 1.02. The second-order valence-corrected chi connectivity index (χ2v) is 6.98. The van der Waals surface area contributed by atoms with Crippen molar-refractivity contribution in [2.24, 2.45) is 5.10 Å². The molecule has 1 heterocycles. The van der Waals surface area contributed by atoms with Crippen molar-refractivity contribution in [3.63, 3.8) is 0 Å². The first-order valence-electron chi connectivity index (χ1n) is 8.74. The van der Waals surface area contributed by atoms with Crippen LogP contribution in [0, 0.1) is 20.2 Å². The highest BCUT2D eigenvalue weighted by molar-refractivity contribution is 7.99. The molecule has 0 fully saturated rings. The summed E-state index contributed by atoms with van der Waals surface area (Å²) in [6.45, 7) is 0. The molecule has 32 heavy (non-hydrogen) atoms. The number of carbonyl (C=O) groups is 1. The van der Waals surface area contributed by atoms with E-state index in [0.29, 0.717) is 11.3 Å². The van der Waals surface area contributed by atoms with Crippen molar-refractivity contribution >= 4 is 46.9 Å². The monoisotopic (exact) mass is 457 g/mol. The number of anilines is 2. The van der Waals surface area contributed by atoms with Crippen LogP contribution in [0.25, 0.3) is 0 Å². The normalized spacial score (nSPS) is 10.8. The lowest BCUT2D eigenvalue weighted by atomic mass is 10.2. The summed E-state index contributed by atoms with van der Waals surface area (Å²) in [5.74, 6) is 5.56. The average molecular weight is 457 g/mol. The van der Waals surface area contributed by atoms with Crippen molar-refractivity contribution < 1.29 is 14.6 Å². The topological polar surface area (TPSA) is 196 Å². The summed E-state index contributed by atoms with van der Waals surface area (Å²) < 4.78 is 1.09. The van der Waals surface area contributed by atoms with E-state index < -0.39 is 9.85 Å². The maximum atomic E-state index is 12.1. The Labute approximate surface area is 183 Å². The SMILES string of the molecule is Nn1c(N/N=C/c2cccc([N+](=O)[O-])c2)nnc1SCC(=O)Nc1ccc([N+](=O)[O-])cc1. The van der Waals surface area contributed by atoms with E-state index in [4.69, 9.17) is 5.84 Å². The Morgan fingerprint density at radius 3 is 2.53 bits per heavy atom. The van der Waals surface area contributed by atoms with Gasteiger partial charge in [0.15, 0.2) is 0 Å². The Kier molecular flexibility index (Phi) is 6.92. The van der Waals surface area contributed by atoms with E-state index in [-0.39, 0.29) is 34.1 Å². The lowest BCUT2D eigenvalue weighted by Crippen LogP contribution is -2.16. The number of nitro benzene ring substituents is 2. The molecule has 0 radical (unpaired) electrons. The number of aromatic nitrogens is 3. The molecule has 0 saturated heterocycles. The van der Waals surface area contributed by atoms with Crippen LogP contribution in [-0.4, -0.2) is 42.6 Å². The number of nitrogens with zero attached hydrogens (tertiary/aromatic N) is 6. The van der Waals surface area contributed by atoms with Gasteiger partial charge in [0.25, 0.3) is 17.3 Å². The predicted octanol–water partition coefficient (Wildman–Crippen LogP) is 1.99. The molecule has 164 valence electrons. The molecule has 1 amide bonds. The summed E-state index contributed by atoms with van der Waals surface area (Å²) in [6, 6.07) is 11.3. The second kappa shape index (κ2) is 9.98. The van der Waals surface area contributed by atoms with Crippen LogP contribution in [0.15, 0.2) is 58.8 Å². The van der Waals surface area contributed by atoms with E-state index in [1.165, 1.54) is 48.7 Å². The van der Waals surface area contributed by atoms with Gasteiger partial charge in [0.1, 0.15) is 0 Å². The minimum atomic E-state index is -0.533. The molecule has 3 rings (SSSR count). The third kappa shape index (κ3) is 5.76. The second-order valence-electron chi connectivity index (χ2n) is 6.04. The highest BCUT2D eigenvalue weighted by Gasteiger charge is 2.13. The molecule has 0 aliphatic carbocycles. The van der Waals surface area contributed by atoms with Crippen LogP contribution >= 0.6 is 11.8 Å². The number of thioether (sulfide) groups is 1. The number of rotatable bonds is 9. The van der Waals surface area contributed by atoms with Crippen molar-refractivity contribution in [3.8, 4) is 0 Å². The van der Waals surface area contributed by atoms with Crippen LogP contribution in [0.5, 0.6) is 0 Å². The van der Waals surface area contributed by atoms with E-state index in [1.807, 2.05) is 0 Å². The van der Waals surface area contributed by atoms with E-state index in [2.05, 4.69) is 26.0 Å². The molecule has 0 saturated carbocycles. The lowest BCUT2D eigenvalue weighted by Gasteiger charge is -2.05. The van der Waals surface area contributed by atoms with Gasteiger partial charge in [0.05, 0.1) is 21.8 Å². The van der Waals surface area contributed by atoms with Gasteiger partial charge in [-0.15, -0.1) is 10.2 Å². The van der Waals surface area contributed by atoms with E-state index in [1.54, 1.807) is 6.07 Å². The minimum Gasteiger partial charge on any atom is -0.334 e. The number of amides is 1. The Morgan fingerprint density at radius 1 is 1.12 bits per heavy atom. The Hall–Kier alpha value is -4.53. The molecule has 14 nitrogen and oxygen atoms in total. The van der Waals surface area contributed by atoms with Crippen LogP contribution in [0.2, 0.25) is 0 Å². The Morgan fingerprint density at radius 2 is 1.84 bits per heavy atom. The molecule has 1 aromatic heterocycles. The smallest absolute Gasteiger partial charge is 0.270 e. The number of carbonyl (C=O) groups excluding carboxylic acids is 1. The minimum absolute atomic E-state index is 0.0384. The number of benzene rings is 2. The van der Waals surface area contributed by atoms with Crippen molar-refractivity contribution in [1.82, 2.24) is 14.9 Å². The predicted molar refractivity (Wildman–Crippen MR) is 117 cm³/mol. The number of hydrogen-bond donors (Lipinski definition) is 3. The molecule has 4 N–H and O–H groups in total. The van der Waals surface area contributed by atoms with Gasteiger partial charge in [-0.25, -0.2) is 10.1 Å². The fourth-order valence-corrected chi connectivity index (χ4v) is 2.99. The molecule has 2 aromatic carbocycles. The van der Waals surface area contributed by atoms with Crippen LogP contribution < -0.4 is 16.6 Å². The number of nitrogens with one attached hydrogen (secondary N) is 2. The molecule has 0 aliphatic rings. The summed E-state index contributed by atoms with van der Waals surface area (Å²) in [7, 11) is 0. The molecule has 0 aliphatic heterocycles. The van der Waals surface area contributed by atoms with Gasteiger partial charge in [0.2, 0.25) is 11.1 Å². The Balaban J connectivity index is 1.53. The molecular weight excluding hydrogens is 442 g/mol. The van der Waals surface area contributed by atoms with Crippen LogP contribution in [0.4, 0.5) is 23.0 Å². The first-order chi connectivity index (χ1) is 15.3. The number of non-ortho nitro benzene ring substituents is 2. The third-order valence-corrected chi connectivity index (χ3v) is 4.76. The number of hydrogen-bond acceptors (Lipinski definition) is 11. The number of hydrazone groups is 1. The van der Waals surface area contributed by atoms with Gasteiger partial charge >= 0.3 is 0 Å². The van der Waals surface area contributed by atoms with Crippen molar-refractivity contribution in [3.05, 3.63) is 74.3 Å².